The van der Waals surface area contributed by atoms with Crippen molar-refractivity contribution in [3.05, 3.63) is 64.2 Å². The molecule has 2 aromatic rings. The molecule has 1 unspecified atom stereocenters. The molecule has 5 nitrogen and oxygen atoms in total. The molecule has 0 saturated carbocycles. The molecular weight excluding hydrogens is 334 g/mol. The molecule has 0 fully saturated rings. The van der Waals surface area contributed by atoms with Crippen molar-refractivity contribution in [1.82, 2.24) is 9.97 Å². The van der Waals surface area contributed by atoms with Crippen LogP contribution in [0, 0.1) is 6.92 Å². The van der Waals surface area contributed by atoms with Crippen molar-refractivity contribution in [2.75, 3.05) is 19.5 Å². The summed E-state index contributed by atoms with van der Waals surface area (Å²) in [6, 6.07) is 11.9. The van der Waals surface area contributed by atoms with E-state index in [-0.39, 0.29) is 6.10 Å². The zero-order valence-electron chi connectivity index (χ0n) is 14.7. The van der Waals surface area contributed by atoms with Crippen LogP contribution >= 0.6 is 11.3 Å². The highest BCUT2D eigenvalue weighted by Gasteiger charge is 2.09. The van der Waals surface area contributed by atoms with E-state index in [1.165, 1.54) is 16.8 Å². The fraction of sp³-hybridized carbons (Fsp3) is 0.368. The van der Waals surface area contributed by atoms with Crippen LogP contribution in [0.15, 0.2) is 48.1 Å². The largest absolute Gasteiger partial charge is 0.384 e. The van der Waals surface area contributed by atoms with Gasteiger partial charge in [0.1, 0.15) is 12.1 Å². The zero-order valence-corrected chi connectivity index (χ0v) is 15.5. The van der Waals surface area contributed by atoms with Crippen molar-refractivity contribution in [3.8, 4) is 0 Å². The van der Waals surface area contributed by atoms with Gasteiger partial charge in [-0.15, -0.1) is 11.3 Å². The van der Waals surface area contributed by atoms with Gasteiger partial charge in [0.2, 0.25) is 0 Å². The Kier molecular flexibility index (Phi) is 8.31. The standard InChI is InChI=1S/C19H25N3O2S/c1-15-18(25-11-10-19(20)22-14-21-15)9-8-17(23-2)13-24-12-16-6-4-3-5-7-16/h3-7,10-11,14,17H,8-9,12-13H2,1-2H3,(H2,20,21,22). The van der Waals surface area contributed by atoms with Gasteiger partial charge in [-0.3, -0.25) is 0 Å². The van der Waals surface area contributed by atoms with E-state index in [2.05, 4.69) is 22.1 Å². The van der Waals surface area contributed by atoms with Crippen LogP contribution in [-0.4, -0.2) is 29.8 Å². The minimum atomic E-state index is 0.0477. The van der Waals surface area contributed by atoms with Crippen molar-refractivity contribution < 1.29 is 9.47 Å². The lowest BCUT2D eigenvalue weighted by Crippen LogP contribution is -2.19. The molecule has 0 amide bonds. The summed E-state index contributed by atoms with van der Waals surface area (Å²) in [5.41, 5.74) is 7.83. The Balaban J connectivity index is 1.90. The van der Waals surface area contributed by atoms with Gasteiger partial charge in [0.25, 0.3) is 0 Å². The highest BCUT2D eigenvalue weighted by molar-refractivity contribution is 7.09. The maximum atomic E-state index is 5.79. The van der Waals surface area contributed by atoms with Crippen LogP contribution in [0.2, 0.25) is 0 Å². The third kappa shape index (κ3) is 7.17. The quantitative estimate of drug-likeness (QED) is 0.778. The zero-order chi connectivity index (χ0) is 17.9. The average molecular weight is 359 g/mol. The van der Waals surface area contributed by atoms with E-state index in [0.717, 1.165) is 18.5 Å². The molecule has 2 N–H and O–H groups in total. The van der Waals surface area contributed by atoms with Gasteiger partial charge in [-0.1, -0.05) is 30.3 Å². The van der Waals surface area contributed by atoms with Crippen LogP contribution in [0.25, 0.3) is 0 Å². The van der Waals surface area contributed by atoms with Gasteiger partial charge in [-0.05, 0) is 36.8 Å². The van der Waals surface area contributed by atoms with E-state index in [0.29, 0.717) is 19.0 Å². The van der Waals surface area contributed by atoms with Crippen LogP contribution < -0.4 is 5.73 Å². The Morgan fingerprint density at radius 3 is 2.72 bits per heavy atom. The van der Waals surface area contributed by atoms with Crippen molar-refractivity contribution in [3.63, 3.8) is 0 Å². The van der Waals surface area contributed by atoms with Crippen LogP contribution in [0.4, 0.5) is 5.82 Å². The molecule has 0 saturated heterocycles. The summed E-state index contributed by atoms with van der Waals surface area (Å²) in [5.74, 6) is 0.453. The summed E-state index contributed by atoms with van der Waals surface area (Å²) < 4.78 is 11.3. The number of hydrogen-bond acceptors (Lipinski definition) is 6. The van der Waals surface area contributed by atoms with Crippen LogP contribution in [0.5, 0.6) is 0 Å². The topological polar surface area (TPSA) is 70.3 Å². The number of methoxy groups -OCH3 is 1. The summed E-state index contributed by atoms with van der Waals surface area (Å²) in [6.07, 6.45) is 3.28. The molecule has 0 aliphatic heterocycles. The summed E-state index contributed by atoms with van der Waals surface area (Å²) in [7, 11) is 1.72. The van der Waals surface area contributed by atoms with E-state index in [1.54, 1.807) is 24.5 Å². The molecule has 2 rings (SSSR count). The predicted octanol–water partition coefficient (Wildman–Crippen LogP) is 3.72. The van der Waals surface area contributed by atoms with E-state index in [1.807, 2.05) is 30.5 Å². The lowest BCUT2D eigenvalue weighted by molar-refractivity contribution is -0.00160. The van der Waals surface area contributed by atoms with E-state index in [9.17, 15) is 0 Å². The smallest absolute Gasteiger partial charge is 0.125 e. The second-order valence-corrected chi connectivity index (χ2v) is 6.63. The first-order valence-electron chi connectivity index (χ1n) is 8.22. The Morgan fingerprint density at radius 2 is 1.96 bits per heavy atom. The van der Waals surface area contributed by atoms with Crippen molar-refractivity contribution in [1.29, 1.82) is 0 Å². The fourth-order valence-electron chi connectivity index (χ4n) is 2.25. The minimum Gasteiger partial charge on any atom is -0.384 e. The molecule has 0 radical (unpaired) electrons. The van der Waals surface area contributed by atoms with Gasteiger partial charge in [-0.25, -0.2) is 9.97 Å². The third-order valence-electron chi connectivity index (χ3n) is 3.75. The van der Waals surface area contributed by atoms with Gasteiger partial charge in [0.15, 0.2) is 0 Å². The van der Waals surface area contributed by atoms with Gasteiger partial charge in [0, 0.05) is 12.0 Å². The summed E-state index contributed by atoms with van der Waals surface area (Å²) in [6.45, 7) is 3.15. The van der Waals surface area contributed by atoms with E-state index in [4.69, 9.17) is 15.2 Å². The second-order valence-electron chi connectivity index (χ2n) is 5.62. The number of aryl methyl sites for hydroxylation is 2. The molecular formula is C19H25N3O2S. The van der Waals surface area contributed by atoms with E-state index >= 15 is 0 Å². The molecule has 0 aliphatic carbocycles. The van der Waals surface area contributed by atoms with Gasteiger partial charge < -0.3 is 15.2 Å². The second kappa shape index (κ2) is 10.8. The van der Waals surface area contributed by atoms with Crippen LogP contribution in [-0.2, 0) is 22.5 Å². The number of rotatable bonds is 8. The molecule has 0 bridgehead atoms. The fourth-order valence-corrected chi connectivity index (χ4v) is 3.08. The number of hydrogen-bond donors (Lipinski definition) is 1. The lowest BCUT2D eigenvalue weighted by atomic mass is 10.1. The molecule has 0 aliphatic rings. The maximum Gasteiger partial charge on any atom is 0.125 e. The SMILES string of the molecule is COC(CCc1sccc(N)ncnc1C)COCc1ccccc1. The first-order valence-corrected chi connectivity index (χ1v) is 9.10. The van der Waals surface area contributed by atoms with Gasteiger partial charge in [-0.2, -0.15) is 0 Å². The highest BCUT2D eigenvalue weighted by Crippen LogP contribution is 2.14. The number of anilines is 1. The molecule has 1 atom stereocenters. The monoisotopic (exact) mass is 359 g/mol. The van der Waals surface area contributed by atoms with Crippen molar-refractivity contribution in [2.45, 2.75) is 32.5 Å². The average Bonchev–Trinajstić information content (AvgIpc) is 2.70. The Bertz CT molecular complexity index is 690. The minimum absolute atomic E-state index is 0.0477. The number of nitrogens with two attached hydrogens (primary N) is 1. The number of nitrogens with zero attached hydrogens (tertiary/aromatic N) is 2. The Labute approximate surface area is 153 Å². The molecule has 1 aromatic carbocycles. The Hall–Kier alpha value is -2.02. The number of benzene rings is 1. The number of aromatic nitrogens is 2. The van der Waals surface area contributed by atoms with Crippen LogP contribution in [0.3, 0.4) is 0 Å². The normalized spacial score (nSPS) is 11.8. The molecule has 0 spiro atoms. The summed E-state index contributed by atoms with van der Waals surface area (Å²) >= 11 is 1.62. The van der Waals surface area contributed by atoms with Crippen molar-refractivity contribution >= 4 is 17.2 Å². The molecule has 1 heterocycles. The van der Waals surface area contributed by atoms with Crippen LogP contribution in [0.1, 0.15) is 22.6 Å². The van der Waals surface area contributed by atoms with Crippen molar-refractivity contribution in [2.24, 2.45) is 0 Å². The van der Waals surface area contributed by atoms with Gasteiger partial charge >= 0.3 is 0 Å². The third-order valence-corrected chi connectivity index (χ3v) is 4.81. The first-order chi connectivity index (χ1) is 12.2. The predicted molar refractivity (Wildman–Crippen MR) is 102 cm³/mol. The lowest BCUT2D eigenvalue weighted by Gasteiger charge is -2.15. The summed E-state index contributed by atoms with van der Waals surface area (Å²) in [4.78, 5) is 9.55. The highest BCUT2D eigenvalue weighted by atomic mass is 32.1. The summed E-state index contributed by atoms with van der Waals surface area (Å²) in [5, 5.41) is 1.94. The number of ether oxygens (including phenoxy) is 2. The molecule has 134 valence electrons. The maximum absolute atomic E-state index is 5.79. The molecule has 25 heavy (non-hydrogen) atoms. The number of nitrogen functional groups attached to an aromatic ring is 1. The van der Waals surface area contributed by atoms with Gasteiger partial charge in [0.05, 0.1) is 25.0 Å². The van der Waals surface area contributed by atoms with E-state index < -0.39 is 0 Å². The first kappa shape index (κ1) is 19.3. The molecule has 1 aromatic heterocycles. The molecule has 6 heteroatoms. The Morgan fingerprint density at radius 1 is 1.16 bits per heavy atom.